The molecule has 2 N–H and O–H groups in total. The molecule has 2 rings (SSSR count). The zero-order chi connectivity index (χ0) is 15.8. The Labute approximate surface area is 133 Å². The maximum Gasteiger partial charge on any atom is 0.119 e. The second kappa shape index (κ2) is 9.13. The van der Waals surface area contributed by atoms with Gasteiger partial charge < -0.3 is 19.9 Å². The molecule has 1 atom stereocenters. The fraction of sp³-hybridized carbons (Fsp3) is 0.667. The Morgan fingerprint density at radius 1 is 1.23 bits per heavy atom. The minimum atomic E-state index is -0.493. The van der Waals surface area contributed by atoms with Crippen molar-refractivity contribution >= 4 is 0 Å². The lowest BCUT2D eigenvalue weighted by Crippen LogP contribution is -2.35. The Morgan fingerprint density at radius 3 is 2.55 bits per heavy atom. The Hall–Kier alpha value is -1.10. The zero-order valence-electron chi connectivity index (χ0n) is 13.8. The molecule has 1 aliphatic carbocycles. The van der Waals surface area contributed by atoms with Crippen molar-refractivity contribution in [2.45, 2.75) is 51.9 Å². The molecule has 0 bridgehead atoms. The summed E-state index contributed by atoms with van der Waals surface area (Å²) in [7, 11) is 0. The highest BCUT2D eigenvalue weighted by Gasteiger charge is 2.17. The van der Waals surface area contributed by atoms with Crippen molar-refractivity contribution in [1.29, 1.82) is 0 Å². The summed E-state index contributed by atoms with van der Waals surface area (Å²) in [5, 5.41) is 13.0. The van der Waals surface area contributed by atoms with Crippen LogP contribution in [0.1, 0.15) is 38.7 Å². The van der Waals surface area contributed by atoms with Crippen LogP contribution in [0, 0.1) is 5.92 Å². The molecule has 0 aliphatic heterocycles. The molecule has 0 amide bonds. The first-order chi connectivity index (χ1) is 10.6. The van der Waals surface area contributed by atoms with Gasteiger partial charge in [0.15, 0.2) is 0 Å². The molecule has 0 unspecified atom stereocenters. The lowest BCUT2D eigenvalue weighted by molar-refractivity contribution is 0.0596. The van der Waals surface area contributed by atoms with Crippen LogP contribution in [0.3, 0.4) is 0 Å². The van der Waals surface area contributed by atoms with Crippen molar-refractivity contribution < 1.29 is 14.6 Å². The predicted molar refractivity (Wildman–Crippen MR) is 88.1 cm³/mol. The molecule has 22 heavy (non-hydrogen) atoms. The van der Waals surface area contributed by atoms with E-state index >= 15 is 0 Å². The highest BCUT2D eigenvalue weighted by atomic mass is 16.5. The van der Waals surface area contributed by atoms with Gasteiger partial charge in [0.05, 0.1) is 6.61 Å². The van der Waals surface area contributed by atoms with Gasteiger partial charge in [0.2, 0.25) is 0 Å². The number of ether oxygens (including phenoxy) is 2. The molecule has 0 saturated heterocycles. The molecule has 0 spiro atoms. The van der Waals surface area contributed by atoms with Crippen LogP contribution >= 0.6 is 0 Å². The van der Waals surface area contributed by atoms with Gasteiger partial charge in [-0.1, -0.05) is 32.4 Å². The van der Waals surface area contributed by atoms with Crippen molar-refractivity contribution in [3.05, 3.63) is 29.8 Å². The van der Waals surface area contributed by atoms with Gasteiger partial charge in [0.25, 0.3) is 0 Å². The van der Waals surface area contributed by atoms with E-state index in [9.17, 15) is 5.11 Å². The molecule has 1 aliphatic rings. The lowest BCUT2D eigenvalue weighted by atomic mass is 9.86. The maximum absolute atomic E-state index is 9.80. The van der Waals surface area contributed by atoms with Crippen molar-refractivity contribution in [1.82, 2.24) is 5.32 Å². The van der Waals surface area contributed by atoms with Gasteiger partial charge in [0, 0.05) is 19.2 Å². The standard InChI is InChI=1S/C18H29NO3/c1-14(2)19-10-17(20)13-22-18-8-6-16(7-9-18)12-21-11-15-4-3-5-15/h6-9,14-15,17,19-20H,3-5,10-13H2,1-2H3/t17-/m0/s1. The van der Waals surface area contributed by atoms with Crippen LogP contribution in [-0.2, 0) is 11.3 Å². The Kier molecular flexibility index (Phi) is 7.16. The van der Waals surface area contributed by atoms with Gasteiger partial charge in [-0.05, 0) is 36.5 Å². The summed E-state index contributed by atoms with van der Waals surface area (Å²) >= 11 is 0. The fourth-order valence-electron chi connectivity index (χ4n) is 2.31. The van der Waals surface area contributed by atoms with E-state index in [0.717, 1.165) is 23.8 Å². The number of hydrogen-bond acceptors (Lipinski definition) is 4. The predicted octanol–water partition coefficient (Wildman–Crippen LogP) is 2.74. The molecule has 1 fully saturated rings. The van der Waals surface area contributed by atoms with E-state index in [1.807, 2.05) is 24.3 Å². The first kappa shape index (κ1) is 17.3. The second-order valence-corrected chi connectivity index (χ2v) is 6.48. The van der Waals surface area contributed by atoms with Crippen molar-refractivity contribution in [2.24, 2.45) is 5.92 Å². The summed E-state index contributed by atoms with van der Waals surface area (Å²) in [6.45, 7) is 6.51. The fourth-order valence-corrected chi connectivity index (χ4v) is 2.31. The monoisotopic (exact) mass is 307 g/mol. The molecular formula is C18H29NO3. The van der Waals surface area contributed by atoms with Crippen LogP contribution < -0.4 is 10.1 Å². The number of nitrogens with one attached hydrogen (secondary N) is 1. The molecule has 1 aromatic carbocycles. The van der Waals surface area contributed by atoms with Gasteiger partial charge in [-0.3, -0.25) is 0 Å². The number of aliphatic hydroxyl groups excluding tert-OH is 1. The first-order valence-electron chi connectivity index (χ1n) is 8.34. The number of aliphatic hydroxyl groups is 1. The number of rotatable bonds is 10. The van der Waals surface area contributed by atoms with Crippen molar-refractivity contribution in [3.63, 3.8) is 0 Å². The number of benzene rings is 1. The van der Waals surface area contributed by atoms with E-state index < -0.39 is 6.10 Å². The van der Waals surface area contributed by atoms with E-state index in [4.69, 9.17) is 9.47 Å². The summed E-state index contributed by atoms with van der Waals surface area (Å²) < 4.78 is 11.3. The molecule has 0 radical (unpaired) electrons. The lowest BCUT2D eigenvalue weighted by Gasteiger charge is -2.24. The molecular weight excluding hydrogens is 278 g/mol. The molecule has 0 aromatic heterocycles. The number of hydrogen-bond donors (Lipinski definition) is 2. The van der Waals surface area contributed by atoms with Gasteiger partial charge in [0.1, 0.15) is 18.5 Å². The molecule has 4 nitrogen and oxygen atoms in total. The molecule has 1 saturated carbocycles. The van der Waals surface area contributed by atoms with Crippen LogP contribution in [0.5, 0.6) is 5.75 Å². The van der Waals surface area contributed by atoms with Gasteiger partial charge in [-0.15, -0.1) is 0 Å². The van der Waals surface area contributed by atoms with Crippen LogP contribution in [-0.4, -0.2) is 37.0 Å². The van der Waals surface area contributed by atoms with E-state index in [0.29, 0.717) is 25.8 Å². The van der Waals surface area contributed by atoms with E-state index in [1.165, 1.54) is 19.3 Å². The second-order valence-electron chi connectivity index (χ2n) is 6.48. The van der Waals surface area contributed by atoms with Crippen molar-refractivity contribution in [2.75, 3.05) is 19.8 Å². The summed E-state index contributed by atoms with van der Waals surface area (Å²) in [4.78, 5) is 0. The SMILES string of the molecule is CC(C)NC[C@H](O)COc1ccc(COCC2CCC2)cc1. The van der Waals surface area contributed by atoms with Crippen LogP contribution in [0.4, 0.5) is 0 Å². The van der Waals surface area contributed by atoms with Crippen LogP contribution in [0.2, 0.25) is 0 Å². The van der Waals surface area contributed by atoms with Crippen LogP contribution in [0.15, 0.2) is 24.3 Å². The molecule has 1 aromatic rings. The summed E-state index contributed by atoms with van der Waals surface area (Å²) in [6, 6.07) is 8.28. The Bertz CT molecular complexity index is 415. The Balaban J connectivity index is 1.63. The van der Waals surface area contributed by atoms with E-state index in [1.54, 1.807) is 0 Å². The third-order valence-corrected chi connectivity index (χ3v) is 3.97. The van der Waals surface area contributed by atoms with E-state index in [2.05, 4.69) is 19.2 Å². The third kappa shape index (κ3) is 6.34. The molecule has 0 heterocycles. The first-order valence-corrected chi connectivity index (χ1v) is 8.34. The van der Waals surface area contributed by atoms with Crippen molar-refractivity contribution in [3.8, 4) is 5.75 Å². The molecule has 124 valence electrons. The van der Waals surface area contributed by atoms with E-state index in [-0.39, 0.29) is 0 Å². The maximum atomic E-state index is 9.80. The quantitative estimate of drug-likeness (QED) is 0.698. The largest absolute Gasteiger partial charge is 0.491 e. The van der Waals surface area contributed by atoms with Gasteiger partial charge in [-0.25, -0.2) is 0 Å². The average molecular weight is 307 g/mol. The average Bonchev–Trinajstić information content (AvgIpc) is 2.46. The zero-order valence-corrected chi connectivity index (χ0v) is 13.8. The third-order valence-electron chi connectivity index (χ3n) is 3.97. The highest BCUT2D eigenvalue weighted by molar-refractivity contribution is 5.26. The minimum absolute atomic E-state index is 0.303. The van der Waals surface area contributed by atoms with Crippen LogP contribution in [0.25, 0.3) is 0 Å². The summed E-state index contributed by atoms with van der Waals surface area (Å²) in [5.74, 6) is 1.56. The smallest absolute Gasteiger partial charge is 0.119 e. The normalized spacial score (nSPS) is 16.5. The van der Waals surface area contributed by atoms with Gasteiger partial charge in [-0.2, -0.15) is 0 Å². The topological polar surface area (TPSA) is 50.7 Å². The summed E-state index contributed by atoms with van der Waals surface area (Å²) in [6.07, 6.45) is 3.51. The highest BCUT2D eigenvalue weighted by Crippen LogP contribution is 2.26. The molecule has 4 heteroatoms. The van der Waals surface area contributed by atoms with Gasteiger partial charge >= 0.3 is 0 Å². The summed E-state index contributed by atoms with van der Waals surface area (Å²) in [5.41, 5.74) is 1.16. The Morgan fingerprint density at radius 2 is 1.95 bits per heavy atom. The minimum Gasteiger partial charge on any atom is -0.491 e.